The van der Waals surface area contributed by atoms with Crippen molar-refractivity contribution in [1.82, 2.24) is 0 Å². The molecule has 1 N–H and O–H groups in total. The van der Waals surface area contributed by atoms with Crippen LogP contribution in [0.5, 0.6) is 0 Å². The third-order valence-corrected chi connectivity index (χ3v) is 4.51. The lowest BCUT2D eigenvalue weighted by atomic mass is 9.87. The van der Waals surface area contributed by atoms with Gasteiger partial charge >= 0.3 is 11.9 Å². The first-order valence-corrected chi connectivity index (χ1v) is 8.45. The molecular formula is C19H26O5. The minimum absolute atomic E-state index is 0.0470. The number of aliphatic hydroxyl groups is 1. The van der Waals surface area contributed by atoms with Crippen molar-refractivity contribution in [2.75, 3.05) is 13.2 Å². The standard InChI is InChI=1S/C19H26O5/c1-12(2)18(21)23-11-14-5-4-6-15(10-20)9-17-16(8-7-14)13(3)19(22)24-17/h6-7,12,16-17,20H,3-5,8-11H2,1-2H3/b14-7-,15-6-/t16-,17-/m0/s1. The number of allylic oxidation sites excluding steroid dienone is 2. The molecule has 132 valence electrons. The van der Waals surface area contributed by atoms with Crippen molar-refractivity contribution in [2.24, 2.45) is 11.8 Å². The molecule has 0 bridgehead atoms. The Labute approximate surface area is 143 Å². The van der Waals surface area contributed by atoms with Crippen molar-refractivity contribution in [3.63, 3.8) is 0 Å². The minimum atomic E-state index is -0.359. The van der Waals surface area contributed by atoms with E-state index in [2.05, 4.69) is 6.58 Å². The molecule has 5 nitrogen and oxygen atoms in total. The van der Waals surface area contributed by atoms with E-state index >= 15 is 0 Å². The average molecular weight is 334 g/mol. The van der Waals surface area contributed by atoms with Crippen LogP contribution in [0.2, 0.25) is 0 Å². The van der Waals surface area contributed by atoms with Crippen LogP contribution in [0.25, 0.3) is 0 Å². The lowest BCUT2D eigenvalue weighted by Gasteiger charge is -2.20. The van der Waals surface area contributed by atoms with Gasteiger partial charge in [0.1, 0.15) is 12.7 Å². The fraction of sp³-hybridized carbons (Fsp3) is 0.579. The molecule has 1 fully saturated rings. The predicted octanol–water partition coefficient (Wildman–Crippen LogP) is 2.70. The molecule has 2 aliphatic rings. The van der Waals surface area contributed by atoms with Gasteiger partial charge in [0.25, 0.3) is 0 Å². The highest BCUT2D eigenvalue weighted by molar-refractivity contribution is 5.90. The smallest absolute Gasteiger partial charge is 0.334 e. The van der Waals surface area contributed by atoms with E-state index in [0.717, 1.165) is 24.0 Å². The normalized spacial score (nSPS) is 29.2. The van der Waals surface area contributed by atoms with Crippen LogP contribution >= 0.6 is 0 Å². The molecule has 2 atom stereocenters. The first-order chi connectivity index (χ1) is 11.4. The topological polar surface area (TPSA) is 72.8 Å². The maximum absolute atomic E-state index is 11.8. The highest BCUT2D eigenvalue weighted by Gasteiger charge is 2.38. The van der Waals surface area contributed by atoms with Crippen molar-refractivity contribution in [2.45, 2.75) is 45.6 Å². The van der Waals surface area contributed by atoms with E-state index in [1.54, 1.807) is 13.8 Å². The predicted molar refractivity (Wildman–Crippen MR) is 90.0 cm³/mol. The van der Waals surface area contributed by atoms with Crippen LogP contribution in [0.15, 0.2) is 35.5 Å². The molecule has 2 rings (SSSR count). The first kappa shape index (κ1) is 18.5. The molecule has 5 heteroatoms. The fourth-order valence-corrected chi connectivity index (χ4v) is 2.94. The van der Waals surface area contributed by atoms with E-state index in [4.69, 9.17) is 9.47 Å². The summed E-state index contributed by atoms with van der Waals surface area (Å²) in [6, 6.07) is 0. The Hall–Kier alpha value is -1.88. The molecule has 24 heavy (non-hydrogen) atoms. The van der Waals surface area contributed by atoms with Crippen LogP contribution in [-0.2, 0) is 19.1 Å². The SMILES string of the molecule is C=C1C(=O)O[C@H]2C/C(CO)=C/CC/C(COC(=O)C(C)C)=C/C[C@@H]12. The number of ether oxygens (including phenoxy) is 2. The molecule has 0 spiro atoms. The summed E-state index contributed by atoms with van der Waals surface area (Å²) in [7, 11) is 0. The molecule has 1 saturated heterocycles. The lowest BCUT2D eigenvalue weighted by Crippen LogP contribution is -2.19. The summed E-state index contributed by atoms with van der Waals surface area (Å²) in [6.07, 6.45) is 6.42. The van der Waals surface area contributed by atoms with Crippen LogP contribution in [0, 0.1) is 11.8 Å². The molecule has 0 amide bonds. The van der Waals surface area contributed by atoms with Gasteiger partial charge in [-0.2, -0.15) is 0 Å². The lowest BCUT2D eigenvalue weighted by molar-refractivity contribution is -0.146. The van der Waals surface area contributed by atoms with Gasteiger partial charge in [-0.05, 0) is 30.4 Å². The average Bonchev–Trinajstić information content (AvgIpc) is 2.82. The van der Waals surface area contributed by atoms with Crippen LogP contribution in [0.4, 0.5) is 0 Å². The molecule has 0 unspecified atom stereocenters. The Morgan fingerprint density at radius 3 is 2.83 bits per heavy atom. The third kappa shape index (κ3) is 4.57. The van der Waals surface area contributed by atoms with Crippen molar-refractivity contribution in [1.29, 1.82) is 0 Å². The van der Waals surface area contributed by atoms with Gasteiger partial charge in [0, 0.05) is 17.9 Å². The third-order valence-electron chi connectivity index (χ3n) is 4.51. The number of carbonyl (C=O) groups excluding carboxylic acids is 2. The summed E-state index contributed by atoms with van der Waals surface area (Å²) >= 11 is 0. The van der Waals surface area contributed by atoms with Gasteiger partial charge in [0.2, 0.25) is 0 Å². The Balaban J connectivity index is 2.13. The van der Waals surface area contributed by atoms with E-state index < -0.39 is 0 Å². The second-order valence-electron chi connectivity index (χ2n) is 6.70. The second-order valence-corrected chi connectivity index (χ2v) is 6.70. The van der Waals surface area contributed by atoms with Gasteiger partial charge in [0.15, 0.2) is 0 Å². The van der Waals surface area contributed by atoms with Crippen LogP contribution in [0.1, 0.15) is 39.5 Å². The van der Waals surface area contributed by atoms with E-state index in [1.807, 2.05) is 12.2 Å². The number of rotatable bonds is 4. The molecule has 0 saturated carbocycles. The van der Waals surface area contributed by atoms with Crippen LogP contribution < -0.4 is 0 Å². The number of esters is 2. The monoisotopic (exact) mass is 334 g/mol. The zero-order chi connectivity index (χ0) is 17.7. The van der Waals surface area contributed by atoms with Crippen LogP contribution in [-0.4, -0.2) is 36.4 Å². The fourth-order valence-electron chi connectivity index (χ4n) is 2.94. The molecule has 1 aliphatic heterocycles. The summed E-state index contributed by atoms with van der Waals surface area (Å²) in [5, 5.41) is 9.51. The van der Waals surface area contributed by atoms with E-state index in [1.165, 1.54) is 0 Å². The van der Waals surface area contributed by atoms with Gasteiger partial charge < -0.3 is 14.6 Å². The van der Waals surface area contributed by atoms with Crippen molar-refractivity contribution in [3.05, 3.63) is 35.5 Å². The quantitative estimate of drug-likeness (QED) is 0.486. The summed E-state index contributed by atoms with van der Waals surface area (Å²) < 4.78 is 10.7. The van der Waals surface area contributed by atoms with E-state index in [-0.39, 0.29) is 43.1 Å². The van der Waals surface area contributed by atoms with Gasteiger partial charge in [-0.15, -0.1) is 0 Å². The maximum atomic E-state index is 11.8. The number of carbonyl (C=O) groups is 2. The Morgan fingerprint density at radius 2 is 2.17 bits per heavy atom. The van der Waals surface area contributed by atoms with Crippen molar-refractivity contribution >= 4 is 11.9 Å². The largest absolute Gasteiger partial charge is 0.461 e. The maximum Gasteiger partial charge on any atom is 0.334 e. The molecule has 0 radical (unpaired) electrons. The van der Waals surface area contributed by atoms with Crippen LogP contribution in [0.3, 0.4) is 0 Å². The highest BCUT2D eigenvalue weighted by atomic mass is 16.6. The van der Waals surface area contributed by atoms with Gasteiger partial charge in [0.05, 0.1) is 12.5 Å². The molecular weight excluding hydrogens is 308 g/mol. The van der Waals surface area contributed by atoms with Gasteiger partial charge in [-0.3, -0.25) is 4.79 Å². The number of hydrogen-bond acceptors (Lipinski definition) is 5. The van der Waals surface area contributed by atoms with E-state index in [0.29, 0.717) is 18.4 Å². The summed E-state index contributed by atoms with van der Waals surface area (Å²) in [5.74, 6) is -0.832. The second kappa shape index (κ2) is 8.29. The zero-order valence-electron chi connectivity index (χ0n) is 14.4. The number of aliphatic hydroxyl groups excluding tert-OH is 1. The Morgan fingerprint density at radius 1 is 1.42 bits per heavy atom. The molecule has 1 aliphatic carbocycles. The first-order valence-electron chi connectivity index (χ1n) is 8.45. The van der Waals surface area contributed by atoms with Crippen molar-refractivity contribution in [3.8, 4) is 0 Å². The van der Waals surface area contributed by atoms with Crippen molar-refractivity contribution < 1.29 is 24.2 Å². The minimum Gasteiger partial charge on any atom is -0.461 e. The molecule has 0 aromatic heterocycles. The zero-order valence-corrected chi connectivity index (χ0v) is 14.4. The molecule has 0 aromatic rings. The van der Waals surface area contributed by atoms with Gasteiger partial charge in [-0.1, -0.05) is 32.6 Å². The van der Waals surface area contributed by atoms with Gasteiger partial charge in [-0.25, -0.2) is 4.79 Å². The Kier molecular flexibility index (Phi) is 6.37. The number of hydrogen-bond donors (Lipinski definition) is 1. The van der Waals surface area contributed by atoms with E-state index in [9.17, 15) is 14.7 Å². The Bertz CT molecular complexity index is 570. The highest BCUT2D eigenvalue weighted by Crippen LogP contribution is 2.34. The summed E-state index contributed by atoms with van der Waals surface area (Å²) in [5.41, 5.74) is 2.37. The molecule has 1 heterocycles. The summed E-state index contributed by atoms with van der Waals surface area (Å²) in [6.45, 7) is 7.67. The molecule has 0 aromatic carbocycles. The summed E-state index contributed by atoms with van der Waals surface area (Å²) in [4.78, 5) is 23.5. The number of fused-ring (bicyclic) bond motifs is 1.